The number of carbonyl (C=O) groups excluding carboxylic acids is 1. The maximum Gasteiger partial charge on any atom is 0.257 e. The summed E-state index contributed by atoms with van der Waals surface area (Å²) < 4.78 is 5.80. The van der Waals surface area contributed by atoms with E-state index in [1.807, 2.05) is 54.6 Å². The van der Waals surface area contributed by atoms with Gasteiger partial charge in [-0.15, -0.1) is 12.4 Å². The van der Waals surface area contributed by atoms with Crippen molar-refractivity contribution in [2.24, 2.45) is 5.41 Å². The molecule has 3 rings (SSSR count). The van der Waals surface area contributed by atoms with Gasteiger partial charge in [-0.05, 0) is 43.0 Å². The predicted octanol–water partition coefficient (Wildman–Crippen LogP) is 3.66. The summed E-state index contributed by atoms with van der Waals surface area (Å²) in [5, 5.41) is 6.39. The maximum atomic E-state index is 12.2. The second-order valence-corrected chi connectivity index (χ2v) is 6.99. The average molecular weight is 375 g/mol. The molecule has 2 aromatic carbocycles. The molecule has 0 bridgehead atoms. The molecule has 1 fully saturated rings. The number of amides is 1. The van der Waals surface area contributed by atoms with Gasteiger partial charge in [0.1, 0.15) is 5.75 Å². The molecule has 0 spiro atoms. The lowest BCUT2D eigenvalue weighted by atomic mass is 9.81. The van der Waals surface area contributed by atoms with Crippen LogP contribution in [0.3, 0.4) is 0 Å². The third kappa shape index (κ3) is 5.48. The van der Waals surface area contributed by atoms with Crippen molar-refractivity contribution in [3.8, 4) is 16.9 Å². The molecule has 1 heterocycles. The minimum Gasteiger partial charge on any atom is -0.483 e. The molecule has 1 saturated heterocycles. The lowest BCUT2D eigenvalue weighted by Crippen LogP contribution is -2.43. The summed E-state index contributed by atoms with van der Waals surface area (Å²) in [7, 11) is 0. The Morgan fingerprint density at radius 3 is 2.46 bits per heavy atom. The van der Waals surface area contributed by atoms with E-state index in [1.54, 1.807) is 0 Å². The molecule has 0 saturated carbocycles. The smallest absolute Gasteiger partial charge is 0.257 e. The van der Waals surface area contributed by atoms with Crippen molar-refractivity contribution in [1.82, 2.24) is 10.6 Å². The van der Waals surface area contributed by atoms with Gasteiger partial charge in [-0.3, -0.25) is 4.79 Å². The third-order valence-electron chi connectivity index (χ3n) is 4.85. The molecule has 0 unspecified atom stereocenters. The zero-order valence-electron chi connectivity index (χ0n) is 15.2. The number of hydrogen-bond donors (Lipinski definition) is 2. The quantitative estimate of drug-likeness (QED) is 0.811. The van der Waals surface area contributed by atoms with Crippen LogP contribution < -0.4 is 15.4 Å². The Hall–Kier alpha value is -2.04. The minimum absolute atomic E-state index is 0. The summed E-state index contributed by atoms with van der Waals surface area (Å²) in [6, 6.07) is 17.9. The highest BCUT2D eigenvalue weighted by Gasteiger charge is 2.27. The summed E-state index contributed by atoms with van der Waals surface area (Å²) in [5.41, 5.74) is 2.27. The van der Waals surface area contributed by atoms with E-state index in [0.717, 1.165) is 42.8 Å². The zero-order valence-corrected chi connectivity index (χ0v) is 16.0. The van der Waals surface area contributed by atoms with Crippen molar-refractivity contribution in [2.45, 2.75) is 19.8 Å². The van der Waals surface area contributed by atoms with Gasteiger partial charge in [-0.25, -0.2) is 0 Å². The van der Waals surface area contributed by atoms with Gasteiger partial charge < -0.3 is 15.4 Å². The van der Waals surface area contributed by atoms with Crippen LogP contribution in [0.2, 0.25) is 0 Å². The lowest BCUT2D eigenvalue weighted by molar-refractivity contribution is -0.123. The summed E-state index contributed by atoms with van der Waals surface area (Å²) in [6.45, 7) is 5.02. The Morgan fingerprint density at radius 1 is 1.08 bits per heavy atom. The first-order valence-electron chi connectivity index (χ1n) is 8.91. The van der Waals surface area contributed by atoms with Gasteiger partial charge >= 0.3 is 0 Å². The minimum atomic E-state index is -0.0670. The lowest BCUT2D eigenvalue weighted by Gasteiger charge is -2.34. The number of hydrogen-bond acceptors (Lipinski definition) is 3. The molecule has 5 heteroatoms. The van der Waals surface area contributed by atoms with Crippen LogP contribution in [0.1, 0.15) is 19.8 Å². The van der Waals surface area contributed by atoms with Crippen molar-refractivity contribution in [3.63, 3.8) is 0 Å². The number of rotatable bonds is 6. The van der Waals surface area contributed by atoms with Crippen molar-refractivity contribution in [1.29, 1.82) is 0 Å². The van der Waals surface area contributed by atoms with E-state index in [4.69, 9.17) is 4.74 Å². The monoisotopic (exact) mass is 374 g/mol. The molecule has 0 atom stereocenters. The van der Waals surface area contributed by atoms with E-state index < -0.39 is 0 Å². The van der Waals surface area contributed by atoms with Crippen molar-refractivity contribution in [2.75, 3.05) is 26.2 Å². The Balaban J connectivity index is 0.00000243. The molecule has 2 aromatic rings. The van der Waals surface area contributed by atoms with Crippen molar-refractivity contribution in [3.05, 3.63) is 54.6 Å². The Labute approximate surface area is 161 Å². The Kier molecular flexibility index (Phi) is 7.49. The molecule has 1 aliphatic rings. The molecule has 26 heavy (non-hydrogen) atoms. The fraction of sp³-hybridized carbons (Fsp3) is 0.381. The first-order chi connectivity index (χ1) is 12.2. The number of benzene rings is 2. The second-order valence-electron chi connectivity index (χ2n) is 6.99. The van der Waals surface area contributed by atoms with E-state index in [2.05, 4.69) is 17.6 Å². The van der Waals surface area contributed by atoms with E-state index in [-0.39, 0.29) is 30.3 Å². The normalized spacial score (nSPS) is 15.6. The Bertz CT molecular complexity index is 700. The average Bonchev–Trinajstić information content (AvgIpc) is 2.66. The molecule has 0 aromatic heterocycles. The van der Waals surface area contributed by atoms with Gasteiger partial charge in [-0.1, -0.05) is 55.5 Å². The number of carbonyl (C=O) groups is 1. The van der Waals surface area contributed by atoms with Crippen LogP contribution in [0.25, 0.3) is 11.1 Å². The van der Waals surface area contributed by atoms with Gasteiger partial charge in [0, 0.05) is 12.1 Å². The van der Waals surface area contributed by atoms with Crippen molar-refractivity contribution < 1.29 is 9.53 Å². The first-order valence-corrected chi connectivity index (χ1v) is 8.91. The first kappa shape index (κ1) is 20.3. The van der Waals surface area contributed by atoms with Crippen LogP contribution >= 0.6 is 12.4 Å². The highest BCUT2D eigenvalue weighted by atomic mass is 35.5. The van der Waals surface area contributed by atoms with Gasteiger partial charge in [0.15, 0.2) is 6.61 Å². The zero-order chi connectivity index (χ0) is 17.5. The van der Waals surface area contributed by atoms with Crippen LogP contribution in [-0.4, -0.2) is 32.1 Å². The largest absolute Gasteiger partial charge is 0.483 e. The molecule has 140 valence electrons. The van der Waals surface area contributed by atoms with E-state index in [9.17, 15) is 4.79 Å². The maximum absolute atomic E-state index is 12.2. The van der Waals surface area contributed by atoms with Crippen LogP contribution in [0.15, 0.2) is 54.6 Å². The van der Waals surface area contributed by atoms with Crippen LogP contribution in [-0.2, 0) is 4.79 Å². The number of piperidine rings is 1. The van der Waals surface area contributed by atoms with Gasteiger partial charge in [0.25, 0.3) is 5.91 Å². The molecule has 2 N–H and O–H groups in total. The molecule has 0 aliphatic carbocycles. The highest BCUT2D eigenvalue weighted by Crippen LogP contribution is 2.29. The van der Waals surface area contributed by atoms with Crippen LogP contribution in [0.5, 0.6) is 5.75 Å². The fourth-order valence-corrected chi connectivity index (χ4v) is 3.16. The molecule has 1 aliphatic heterocycles. The summed E-state index contributed by atoms with van der Waals surface area (Å²) in [6.07, 6.45) is 2.18. The number of halogens is 1. The second kappa shape index (κ2) is 9.60. The van der Waals surface area contributed by atoms with E-state index >= 15 is 0 Å². The predicted molar refractivity (Wildman–Crippen MR) is 108 cm³/mol. The molecular formula is C21H27ClN2O2. The third-order valence-corrected chi connectivity index (χ3v) is 4.85. The van der Waals surface area contributed by atoms with Gasteiger partial charge in [0.05, 0.1) is 0 Å². The van der Waals surface area contributed by atoms with Crippen LogP contribution in [0.4, 0.5) is 0 Å². The van der Waals surface area contributed by atoms with Crippen LogP contribution in [0, 0.1) is 5.41 Å². The molecule has 4 nitrogen and oxygen atoms in total. The molecule has 1 amide bonds. The fourth-order valence-electron chi connectivity index (χ4n) is 3.16. The number of nitrogens with one attached hydrogen (secondary N) is 2. The van der Waals surface area contributed by atoms with E-state index in [0.29, 0.717) is 6.54 Å². The topological polar surface area (TPSA) is 50.4 Å². The summed E-state index contributed by atoms with van der Waals surface area (Å²) in [4.78, 5) is 12.2. The molecular weight excluding hydrogens is 348 g/mol. The summed E-state index contributed by atoms with van der Waals surface area (Å²) in [5.74, 6) is 0.666. The number of para-hydroxylation sites is 1. The van der Waals surface area contributed by atoms with Crippen molar-refractivity contribution >= 4 is 18.3 Å². The summed E-state index contributed by atoms with van der Waals surface area (Å²) >= 11 is 0. The molecule has 0 radical (unpaired) electrons. The van der Waals surface area contributed by atoms with Gasteiger partial charge in [0.2, 0.25) is 0 Å². The Morgan fingerprint density at radius 2 is 1.73 bits per heavy atom. The highest BCUT2D eigenvalue weighted by molar-refractivity contribution is 5.85. The SMILES string of the molecule is CC1(CNC(=O)COc2ccccc2-c2ccccc2)CCNCC1.Cl. The number of ether oxygens (including phenoxy) is 1. The van der Waals surface area contributed by atoms with E-state index in [1.165, 1.54) is 0 Å². The standard InChI is InChI=1S/C21H26N2O2.ClH/c1-21(11-13-22-14-12-21)16-23-20(24)15-25-19-10-6-5-9-18(19)17-7-3-2-4-8-17;/h2-10,22H,11-16H2,1H3,(H,23,24);1H. The van der Waals surface area contributed by atoms with Gasteiger partial charge in [-0.2, -0.15) is 0 Å².